The van der Waals surface area contributed by atoms with Crippen LogP contribution in [0.3, 0.4) is 0 Å². The van der Waals surface area contributed by atoms with Crippen molar-refractivity contribution in [3.05, 3.63) is 176 Å². The van der Waals surface area contributed by atoms with Crippen molar-refractivity contribution >= 4 is 162 Å². The number of nitrogen functional groups attached to an aromatic ring is 2. The first-order valence-electron chi connectivity index (χ1n) is 41.4. The number of piperidine rings is 4. The van der Waals surface area contributed by atoms with E-state index in [2.05, 4.69) is 72.2 Å². The molecular weight excluding hydrogens is 1740 g/mol. The summed E-state index contributed by atoms with van der Waals surface area (Å²) in [6, 6.07) is 18.5. The zero-order valence-electron chi connectivity index (χ0n) is 68.8. The van der Waals surface area contributed by atoms with Crippen LogP contribution in [0.25, 0.3) is 45.1 Å². The molecule has 8 fully saturated rings. The van der Waals surface area contributed by atoms with Gasteiger partial charge in [0.15, 0.2) is 22.6 Å². The Hall–Kier alpha value is -8.78. The van der Waals surface area contributed by atoms with Crippen molar-refractivity contribution in [1.29, 1.82) is 0 Å². The Morgan fingerprint density at radius 3 is 1.08 bits per heavy atom. The van der Waals surface area contributed by atoms with Crippen molar-refractivity contribution in [2.45, 2.75) is 147 Å². The van der Waals surface area contributed by atoms with Crippen LogP contribution in [0.5, 0.6) is 0 Å². The number of carbonyl (C=O) groups is 2. The quantitative estimate of drug-likeness (QED) is 0.0563. The molecule has 0 aliphatic carbocycles. The number of benzene rings is 2. The lowest BCUT2D eigenvalue weighted by atomic mass is 9.73. The van der Waals surface area contributed by atoms with E-state index < -0.39 is 11.8 Å². The van der Waals surface area contributed by atoms with E-state index in [1.54, 1.807) is 55.4 Å². The van der Waals surface area contributed by atoms with Crippen LogP contribution >= 0.6 is 93.1 Å². The lowest BCUT2D eigenvalue weighted by Crippen LogP contribution is -2.51. The Bertz CT molecular complexity index is 5650. The number of imidazole rings is 4. The van der Waals surface area contributed by atoms with Crippen molar-refractivity contribution < 1.29 is 28.5 Å². The molecular formula is C86H98Cl6N24O6S2. The maximum absolute atomic E-state index is 12.5. The van der Waals surface area contributed by atoms with Gasteiger partial charge in [-0.05, 0) is 122 Å². The van der Waals surface area contributed by atoms with Crippen LogP contribution in [0.2, 0.25) is 30.1 Å². The third-order valence-corrected chi connectivity index (χ3v) is 31.9. The molecule has 2 aromatic carbocycles. The lowest BCUT2D eigenvalue weighted by Gasteiger charge is -2.42. The Morgan fingerprint density at radius 2 is 0.710 bits per heavy atom. The summed E-state index contributed by atoms with van der Waals surface area (Å²) in [5.41, 5.74) is 55.9. The Kier molecular flexibility index (Phi) is 25.0. The molecule has 8 aliphatic heterocycles. The second kappa shape index (κ2) is 35.5. The molecule has 12 aromatic rings. The number of ether oxygens (including phenoxy) is 4. The minimum absolute atomic E-state index is 0.00427. The summed E-state index contributed by atoms with van der Waals surface area (Å²) in [5, 5.41) is 2.59. The minimum atomic E-state index is -0.532. The van der Waals surface area contributed by atoms with Crippen molar-refractivity contribution in [3.63, 3.8) is 0 Å². The first-order chi connectivity index (χ1) is 59.6. The zero-order chi connectivity index (χ0) is 87.0. The molecule has 652 valence electrons. The highest BCUT2D eigenvalue weighted by atomic mass is 35.5. The third-order valence-electron chi connectivity index (χ3n) is 26.9. The topological polar surface area (TPSA) is 413 Å². The maximum atomic E-state index is 12.5. The van der Waals surface area contributed by atoms with Crippen molar-refractivity contribution in [3.8, 4) is 22.5 Å². The van der Waals surface area contributed by atoms with E-state index in [1.807, 2.05) is 102 Å². The van der Waals surface area contributed by atoms with E-state index in [4.69, 9.17) is 144 Å². The Balaban J connectivity index is 0.000000117. The molecule has 0 radical (unpaired) electrons. The number of carbonyl (C=O) groups excluding carboxylic acids is 2. The molecule has 0 unspecified atom stereocenters. The molecule has 20 rings (SSSR count). The van der Waals surface area contributed by atoms with Gasteiger partial charge in [0.2, 0.25) is 11.8 Å². The van der Waals surface area contributed by atoms with Crippen molar-refractivity contribution in [2.24, 2.45) is 56.1 Å². The van der Waals surface area contributed by atoms with Crippen LogP contribution in [0, 0.1) is 21.7 Å². The minimum Gasteiger partial charge on any atom is -0.382 e. The zero-order valence-corrected chi connectivity index (χ0v) is 74.9. The van der Waals surface area contributed by atoms with E-state index >= 15 is 0 Å². The fourth-order valence-corrected chi connectivity index (χ4v) is 22.5. The third kappa shape index (κ3) is 16.1. The van der Waals surface area contributed by atoms with Gasteiger partial charge in [-0.1, -0.05) is 111 Å². The van der Waals surface area contributed by atoms with Crippen LogP contribution in [0.15, 0.2) is 155 Å². The molecule has 10 aromatic heterocycles. The fourth-order valence-electron chi connectivity index (χ4n) is 19.0. The first kappa shape index (κ1) is 87.3. The second-order valence-electron chi connectivity index (χ2n) is 33.6. The molecule has 8 aliphatic rings. The maximum Gasteiger partial charge on any atom is 0.250 e. The van der Waals surface area contributed by atoms with Gasteiger partial charge < -0.3 is 84.4 Å². The van der Waals surface area contributed by atoms with Crippen molar-refractivity contribution in [1.82, 2.24) is 57.5 Å². The van der Waals surface area contributed by atoms with Crippen LogP contribution in [-0.2, 0) is 18.9 Å². The Labute approximate surface area is 755 Å². The summed E-state index contributed by atoms with van der Waals surface area (Å²) >= 11 is 40.6. The van der Waals surface area contributed by atoms with E-state index in [1.165, 1.54) is 23.5 Å². The predicted molar refractivity (Wildman–Crippen MR) is 489 cm³/mol. The molecule has 0 bridgehead atoms. The number of nitrogens with two attached hydrogens (primary N) is 8. The number of aromatic nitrogens is 12. The lowest BCUT2D eigenvalue weighted by molar-refractivity contribution is 0.0973. The summed E-state index contributed by atoms with van der Waals surface area (Å²) in [6.07, 6.45) is 29.8. The molecule has 8 atom stereocenters. The number of nitrogens with zero attached hydrogens (tertiary/aromatic N) is 16. The molecule has 30 nitrogen and oxygen atoms in total. The van der Waals surface area contributed by atoms with E-state index in [9.17, 15) is 9.59 Å². The molecule has 38 heteroatoms. The number of rotatable bonds is 12. The smallest absolute Gasteiger partial charge is 0.250 e. The number of amides is 2. The number of pyridine rings is 4. The number of anilines is 6. The highest BCUT2D eigenvalue weighted by Gasteiger charge is 2.52. The molecule has 16 N–H and O–H groups in total. The SMILES string of the molecule is C[C@@H]1OCC2(CCN(c3cc(C(N)=O)c(Sc4cccc(Cl)c4Cl)c4nccn34)CC2)[C@@H]1N.C[C@@H]1OCC2(CCN(c3cc(C(N)=O)c(Sc4ccnc(N)c4Cl)c4nccn34)CC2)[C@@H]1N.C[C@@H]1OCC2(CCN(c3cnc(-c4cccc(Cl)c4Cl)c4nccn34)CC2)[C@@H]1N.C[C@@H]1OCC2(CCN(c3cnc(-c4ccnc(N)c4Cl)c4nccn34)CC2)[C@@H]1N. The van der Waals surface area contributed by atoms with Gasteiger partial charge in [-0.2, -0.15) is 0 Å². The summed E-state index contributed by atoms with van der Waals surface area (Å²) in [6.45, 7) is 18.0. The second-order valence-corrected chi connectivity index (χ2v) is 38.1. The average Bonchev–Trinajstić information content (AvgIpc) is 1.50. The van der Waals surface area contributed by atoms with Gasteiger partial charge in [-0.15, -0.1) is 0 Å². The van der Waals surface area contributed by atoms with Gasteiger partial charge in [0.1, 0.15) is 46.3 Å². The standard InChI is InChI=1S/C23H25Cl2N5O2S.C22H26ClN7O2S.C21H23Cl2N5O.C20H24ClN7O/c1-13-20(26)23(12-32-13)5-8-29(9-6-23)17-11-14(21(27)31)19(22-28-7-10-30(17)22)33-16-4-2-3-15(24)18(16)25;1-12-18(24)22(11-32-12)3-7-29(8-4-22)15-10-13(20(26)31)17(21-28-6-9-30(15)21)33-14-2-5-27-19(25)16(14)23;1-13-19(24)21(12-29-13)5-8-27(9-6-21)16-11-26-18(20-25-7-10-28(16)20)14-3-2-4-15(22)17(14)23;1-12-17(22)20(11-29-12)3-7-27(8-4-20)14-10-26-16(19-25-6-9-28(14)19)13-2-5-24-18(23)15(13)21/h2-4,7,10-11,13,20H,5-6,8-9,12,26H2,1H3,(H2,27,31);2,5-6,9-10,12,18H,3-4,7-8,11,24H2,1H3,(H2,25,27)(H2,26,31);2-4,7,10-11,13,19H,5-6,8-9,12,24H2,1H3;2,5-6,9-10,12,17H,3-4,7-8,11,22H2,1H3,(H2,23,24)/t13-,20+;12-,18+;13-,19+;12-,17+/m0000/s1. The average molecular weight is 1840 g/mol. The largest absolute Gasteiger partial charge is 0.382 e. The van der Waals surface area contributed by atoms with Gasteiger partial charge in [0.25, 0.3) is 0 Å². The van der Waals surface area contributed by atoms with E-state index in [0.29, 0.717) is 86.2 Å². The summed E-state index contributed by atoms with van der Waals surface area (Å²) in [7, 11) is 0. The van der Waals surface area contributed by atoms with Crippen LogP contribution in [-0.4, -0.2) is 197 Å². The number of hydrogen-bond acceptors (Lipinski definition) is 26. The molecule has 8 saturated heterocycles. The first-order valence-corrected chi connectivity index (χ1v) is 45.3. The Morgan fingerprint density at radius 1 is 0.387 bits per heavy atom. The number of halogens is 6. The molecule has 18 heterocycles. The summed E-state index contributed by atoms with van der Waals surface area (Å²) in [4.78, 5) is 72.5. The van der Waals surface area contributed by atoms with Gasteiger partial charge in [0.05, 0.1) is 114 Å². The summed E-state index contributed by atoms with van der Waals surface area (Å²) < 4.78 is 31.5. The predicted octanol–water partition coefficient (Wildman–Crippen LogP) is 13.2. The van der Waals surface area contributed by atoms with Gasteiger partial charge in [-0.25, -0.2) is 39.9 Å². The van der Waals surface area contributed by atoms with Gasteiger partial charge >= 0.3 is 0 Å². The molecule has 2 amide bonds. The number of fused-ring (bicyclic) bond motifs is 4. The molecule has 124 heavy (non-hydrogen) atoms. The molecule has 0 saturated carbocycles. The van der Waals surface area contributed by atoms with Gasteiger partial charge in [0, 0.05) is 181 Å². The molecule has 4 spiro atoms. The monoisotopic (exact) mass is 1840 g/mol. The summed E-state index contributed by atoms with van der Waals surface area (Å²) in [5.74, 6) is 3.25. The van der Waals surface area contributed by atoms with Crippen LogP contribution in [0.4, 0.5) is 34.9 Å². The highest BCUT2D eigenvalue weighted by Crippen LogP contribution is 2.50. The van der Waals surface area contributed by atoms with Crippen molar-refractivity contribution in [2.75, 3.05) is 110 Å². The highest BCUT2D eigenvalue weighted by molar-refractivity contribution is 8.00. The number of hydrogen-bond donors (Lipinski definition) is 8. The van der Waals surface area contributed by atoms with Crippen LogP contribution < -0.4 is 65.5 Å². The fraction of sp³-hybridized carbons (Fsp3) is 0.419. The van der Waals surface area contributed by atoms with E-state index in [0.717, 1.165) is 173 Å². The van der Waals surface area contributed by atoms with Crippen LogP contribution in [0.1, 0.15) is 99.8 Å². The number of primary amides is 2. The van der Waals surface area contributed by atoms with Gasteiger partial charge in [-0.3, -0.25) is 27.2 Å². The normalized spacial score (nSPS) is 23.1. The van der Waals surface area contributed by atoms with E-state index in [-0.39, 0.29) is 81.9 Å².